The standard InChI is InChI=1S/C17H12BrN5O3/c18-10-2-1-3-11(6-10)22-17-12-7-14(19-8-13(12)20-9-21-17)23-15(24)4-5-16(25)26/h1-9H,(H,25,26)(H,19,23,24)(H,20,21,22). The van der Waals surface area contributed by atoms with Crippen LogP contribution in [0.5, 0.6) is 0 Å². The van der Waals surface area contributed by atoms with E-state index in [0.717, 1.165) is 22.3 Å². The van der Waals surface area contributed by atoms with Crippen LogP contribution in [-0.4, -0.2) is 31.9 Å². The van der Waals surface area contributed by atoms with Crippen molar-refractivity contribution in [2.45, 2.75) is 0 Å². The fourth-order valence-electron chi connectivity index (χ4n) is 2.14. The Labute approximate surface area is 156 Å². The zero-order chi connectivity index (χ0) is 18.5. The van der Waals surface area contributed by atoms with Gasteiger partial charge < -0.3 is 15.7 Å². The number of anilines is 3. The number of carboxylic acids is 1. The molecule has 0 aliphatic heterocycles. The second kappa shape index (κ2) is 7.70. The maximum Gasteiger partial charge on any atom is 0.328 e. The molecule has 0 bridgehead atoms. The van der Waals surface area contributed by atoms with Gasteiger partial charge in [0.2, 0.25) is 5.91 Å². The molecule has 2 heterocycles. The number of carboxylic acid groups (broad SMARTS) is 1. The maximum absolute atomic E-state index is 11.7. The summed E-state index contributed by atoms with van der Waals surface area (Å²) in [6.07, 6.45) is 4.58. The first-order valence-electron chi connectivity index (χ1n) is 7.36. The lowest BCUT2D eigenvalue weighted by molar-refractivity contribution is -0.131. The Morgan fingerprint density at radius 3 is 2.73 bits per heavy atom. The summed E-state index contributed by atoms with van der Waals surface area (Å²) in [6.45, 7) is 0. The van der Waals surface area contributed by atoms with E-state index in [1.165, 1.54) is 12.5 Å². The molecule has 0 fully saturated rings. The number of aliphatic carboxylic acids is 1. The Morgan fingerprint density at radius 1 is 1.12 bits per heavy atom. The van der Waals surface area contributed by atoms with Gasteiger partial charge in [0.25, 0.3) is 0 Å². The van der Waals surface area contributed by atoms with Crippen molar-refractivity contribution in [1.82, 2.24) is 15.0 Å². The number of halogens is 1. The van der Waals surface area contributed by atoms with Gasteiger partial charge in [-0.25, -0.2) is 19.7 Å². The normalized spacial score (nSPS) is 10.8. The summed E-state index contributed by atoms with van der Waals surface area (Å²) in [6, 6.07) is 9.19. The fraction of sp³-hybridized carbons (Fsp3) is 0. The van der Waals surface area contributed by atoms with E-state index < -0.39 is 11.9 Å². The minimum atomic E-state index is -1.21. The molecule has 9 heteroatoms. The molecule has 0 saturated carbocycles. The van der Waals surface area contributed by atoms with E-state index in [2.05, 4.69) is 41.5 Å². The monoisotopic (exact) mass is 413 g/mol. The SMILES string of the molecule is O=C(O)C=CC(=O)Nc1cc2c(Nc3cccc(Br)c3)ncnc2cn1. The lowest BCUT2D eigenvalue weighted by atomic mass is 10.2. The zero-order valence-electron chi connectivity index (χ0n) is 13.2. The molecule has 0 aliphatic carbocycles. The highest BCUT2D eigenvalue weighted by Crippen LogP contribution is 2.25. The van der Waals surface area contributed by atoms with E-state index in [9.17, 15) is 9.59 Å². The molecule has 0 saturated heterocycles. The largest absolute Gasteiger partial charge is 0.478 e. The van der Waals surface area contributed by atoms with Crippen molar-refractivity contribution in [1.29, 1.82) is 0 Å². The summed E-state index contributed by atoms with van der Waals surface area (Å²) >= 11 is 3.41. The molecule has 26 heavy (non-hydrogen) atoms. The molecule has 0 spiro atoms. The van der Waals surface area contributed by atoms with E-state index in [-0.39, 0.29) is 5.82 Å². The Hall–Kier alpha value is -3.33. The summed E-state index contributed by atoms with van der Waals surface area (Å²) in [5, 5.41) is 14.9. The predicted octanol–water partition coefficient (Wildman–Crippen LogP) is 3.11. The molecule has 0 unspecified atom stereocenters. The lowest BCUT2D eigenvalue weighted by Crippen LogP contribution is -2.10. The van der Waals surface area contributed by atoms with Gasteiger partial charge in [-0.1, -0.05) is 22.0 Å². The number of carbonyl (C=O) groups is 2. The second-order valence-corrected chi connectivity index (χ2v) is 6.02. The predicted molar refractivity (Wildman–Crippen MR) is 100 cm³/mol. The smallest absolute Gasteiger partial charge is 0.328 e. The van der Waals surface area contributed by atoms with Crippen LogP contribution in [0, 0.1) is 0 Å². The summed E-state index contributed by atoms with van der Waals surface area (Å²) in [5.41, 5.74) is 1.42. The van der Waals surface area contributed by atoms with Gasteiger partial charge in [-0.2, -0.15) is 0 Å². The van der Waals surface area contributed by atoms with Crippen molar-refractivity contribution in [3.63, 3.8) is 0 Å². The molecule has 1 aromatic carbocycles. The quantitative estimate of drug-likeness (QED) is 0.549. The summed E-state index contributed by atoms with van der Waals surface area (Å²) in [5.74, 6) is -1.00. The molecule has 130 valence electrons. The average molecular weight is 414 g/mol. The van der Waals surface area contributed by atoms with Crippen molar-refractivity contribution in [2.75, 3.05) is 10.6 Å². The molecule has 1 amide bonds. The van der Waals surface area contributed by atoms with Crippen LogP contribution in [0.25, 0.3) is 10.9 Å². The number of amides is 1. The van der Waals surface area contributed by atoms with Gasteiger partial charge in [0.05, 0.1) is 11.7 Å². The Balaban J connectivity index is 1.90. The number of pyridine rings is 1. The first-order chi connectivity index (χ1) is 12.5. The number of rotatable bonds is 5. The van der Waals surface area contributed by atoms with Gasteiger partial charge in [0.15, 0.2) is 0 Å². The third-order valence-corrected chi connectivity index (χ3v) is 3.73. The summed E-state index contributed by atoms with van der Waals surface area (Å²) in [7, 11) is 0. The zero-order valence-corrected chi connectivity index (χ0v) is 14.8. The van der Waals surface area contributed by atoms with Gasteiger partial charge in [-0.15, -0.1) is 0 Å². The Kier molecular flexibility index (Phi) is 5.18. The van der Waals surface area contributed by atoms with Crippen molar-refractivity contribution in [2.24, 2.45) is 0 Å². The van der Waals surface area contributed by atoms with Crippen LogP contribution in [0.15, 0.2) is 59.5 Å². The molecule has 0 aliphatic rings. The summed E-state index contributed by atoms with van der Waals surface area (Å²) < 4.78 is 0.917. The number of nitrogens with zero attached hydrogens (tertiary/aromatic N) is 3. The number of benzene rings is 1. The highest BCUT2D eigenvalue weighted by molar-refractivity contribution is 9.10. The first-order valence-corrected chi connectivity index (χ1v) is 8.16. The van der Waals surface area contributed by atoms with Crippen LogP contribution in [-0.2, 0) is 9.59 Å². The Bertz CT molecular complexity index is 1020. The van der Waals surface area contributed by atoms with Crippen LogP contribution in [0.3, 0.4) is 0 Å². The Morgan fingerprint density at radius 2 is 1.96 bits per heavy atom. The molecule has 2 aromatic heterocycles. The van der Waals surface area contributed by atoms with Gasteiger partial charge in [0.1, 0.15) is 18.0 Å². The number of fused-ring (bicyclic) bond motifs is 1. The van der Waals surface area contributed by atoms with Crippen LogP contribution in [0.1, 0.15) is 0 Å². The van der Waals surface area contributed by atoms with E-state index in [4.69, 9.17) is 5.11 Å². The lowest BCUT2D eigenvalue weighted by Gasteiger charge is -2.09. The highest BCUT2D eigenvalue weighted by atomic mass is 79.9. The van der Waals surface area contributed by atoms with E-state index in [1.54, 1.807) is 6.07 Å². The van der Waals surface area contributed by atoms with Crippen molar-refractivity contribution in [3.05, 3.63) is 59.5 Å². The number of hydrogen-bond donors (Lipinski definition) is 3. The molecule has 8 nitrogen and oxygen atoms in total. The minimum absolute atomic E-state index is 0.254. The maximum atomic E-state index is 11.7. The minimum Gasteiger partial charge on any atom is -0.478 e. The number of hydrogen-bond acceptors (Lipinski definition) is 6. The fourth-order valence-corrected chi connectivity index (χ4v) is 2.54. The van der Waals surface area contributed by atoms with E-state index >= 15 is 0 Å². The number of nitrogens with one attached hydrogen (secondary N) is 2. The van der Waals surface area contributed by atoms with Crippen LogP contribution in [0.2, 0.25) is 0 Å². The van der Waals surface area contributed by atoms with E-state index in [0.29, 0.717) is 16.7 Å². The molecule has 3 N–H and O–H groups in total. The van der Waals surface area contributed by atoms with Crippen molar-refractivity contribution < 1.29 is 14.7 Å². The molecule has 0 radical (unpaired) electrons. The topological polar surface area (TPSA) is 117 Å². The van der Waals surface area contributed by atoms with Crippen LogP contribution in [0.4, 0.5) is 17.3 Å². The molecule has 3 aromatic rings. The first kappa shape index (κ1) is 17.5. The van der Waals surface area contributed by atoms with Gasteiger partial charge in [-0.05, 0) is 24.3 Å². The molecule has 3 rings (SSSR count). The average Bonchev–Trinajstić information content (AvgIpc) is 2.60. The van der Waals surface area contributed by atoms with Crippen molar-refractivity contribution in [3.8, 4) is 0 Å². The van der Waals surface area contributed by atoms with Gasteiger partial charge >= 0.3 is 5.97 Å². The van der Waals surface area contributed by atoms with Crippen molar-refractivity contribution >= 4 is 56.0 Å². The third kappa shape index (κ3) is 4.39. The van der Waals surface area contributed by atoms with E-state index in [1.807, 2.05) is 24.3 Å². The molecular weight excluding hydrogens is 402 g/mol. The highest BCUT2D eigenvalue weighted by Gasteiger charge is 2.08. The van der Waals surface area contributed by atoms with Gasteiger partial charge in [0, 0.05) is 27.7 Å². The van der Waals surface area contributed by atoms with Crippen LogP contribution < -0.4 is 10.6 Å². The third-order valence-electron chi connectivity index (χ3n) is 3.24. The van der Waals surface area contributed by atoms with Crippen LogP contribution >= 0.6 is 15.9 Å². The molecular formula is C17H12BrN5O3. The number of aromatic nitrogens is 3. The number of carbonyl (C=O) groups excluding carboxylic acids is 1. The van der Waals surface area contributed by atoms with Gasteiger partial charge in [-0.3, -0.25) is 4.79 Å². The molecule has 0 atom stereocenters. The second-order valence-electron chi connectivity index (χ2n) is 5.11. The summed E-state index contributed by atoms with van der Waals surface area (Å²) in [4.78, 5) is 34.7.